The molecule has 1 aromatic rings. The summed E-state index contributed by atoms with van der Waals surface area (Å²) in [4.78, 5) is 15.3. The van der Waals surface area contributed by atoms with Gasteiger partial charge in [0.2, 0.25) is 5.91 Å². The Hall–Kier alpha value is -0.920. The molecule has 3 rings (SSSR count). The van der Waals surface area contributed by atoms with Crippen LogP contribution >= 0.6 is 11.3 Å². The molecule has 5 nitrogen and oxygen atoms in total. The number of likely N-dealkylation sites (tertiary alicyclic amines) is 1. The minimum Gasteiger partial charge on any atom is -0.342 e. The molecule has 1 aromatic heterocycles. The normalized spacial score (nSPS) is 26.0. The van der Waals surface area contributed by atoms with Crippen molar-refractivity contribution in [1.29, 1.82) is 0 Å². The molecule has 0 radical (unpaired) electrons. The highest BCUT2D eigenvalue weighted by atomic mass is 32.2. The van der Waals surface area contributed by atoms with Crippen molar-refractivity contribution in [3.8, 4) is 0 Å². The summed E-state index contributed by atoms with van der Waals surface area (Å²) in [7, 11) is -3.37. The fraction of sp³-hybridized carbons (Fsp3) is 0.706. The number of sulfonamides is 1. The molecule has 2 aliphatic heterocycles. The summed E-state index contributed by atoms with van der Waals surface area (Å²) in [5, 5.41) is 0. The fourth-order valence-electron chi connectivity index (χ4n) is 3.78. The number of rotatable bonds is 4. The quantitative estimate of drug-likeness (QED) is 0.818. The molecule has 2 aliphatic rings. The molecule has 2 saturated heterocycles. The molecule has 134 valence electrons. The van der Waals surface area contributed by atoms with Crippen LogP contribution in [0.5, 0.6) is 0 Å². The lowest BCUT2D eigenvalue weighted by molar-refractivity contribution is -0.133. The maximum Gasteiger partial charge on any atom is 0.252 e. The van der Waals surface area contributed by atoms with Gasteiger partial charge in [-0.1, -0.05) is 13.8 Å². The van der Waals surface area contributed by atoms with Gasteiger partial charge in [-0.05, 0) is 43.2 Å². The van der Waals surface area contributed by atoms with Crippen LogP contribution in [0.4, 0.5) is 0 Å². The SMILES string of the molecule is CC1CC(C)CN(C(=O)Cc2ccc(S(=O)(=O)N3CCCC3)s2)C1. The van der Waals surface area contributed by atoms with E-state index in [2.05, 4.69) is 13.8 Å². The Morgan fingerprint density at radius 2 is 1.79 bits per heavy atom. The van der Waals surface area contributed by atoms with Crippen LogP contribution < -0.4 is 0 Å². The van der Waals surface area contributed by atoms with Gasteiger partial charge in [0.1, 0.15) is 4.21 Å². The first-order chi connectivity index (χ1) is 11.4. The molecular weight excluding hydrogens is 344 g/mol. The standard InChI is InChI=1S/C17H26N2O3S2/c1-13-9-14(2)12-18(11-13)16(20)10-15-5-6-17(23-15)24(21,22)19-7-3-4-8-19/h5-6,13-14H,3-4,7-12H2,1-2H3. The Kier molecular flexibility index (Phi) is 5.32. The van der Waals surface area contributed by atoms with Gasteiger partial charge in [0.15, 0.2) is 0 Å². The molecule has 0 N–H and O–H groups in total. The summed E-state index contributed by atoms with van der Waals surface area (Å²) in [6.45, 7) is 7.21. The minimum absolute atomic E-state index is 0.111. The molecule has 2 unspecified atom stereocenters. The van der Waals surface area contributed by atoms with E-state index in [0.29, 0.717) is 35.6 Å². The first-order valence-electron chi connectivity index (χ1n) is 8.73. The first kappa shape index (κ1) is 17.9. The molecule has 24 heavy (non-hydrogen) atoms. The first-order valence-corrected chi connectivity index (χ1v) is 11.0. The van der Waals surface area contributed by atoms with Crippen molar-refractivity contribution in [3.05, 3.63) is 17.0 Å². The van der Waals surface area contributed by atoms with Crippen molar-refractivity contribution in [2.24, 2.45) is 11.8 Å². The molecule has 0 saturated carbocycles. The summed E-state index contributed by atoms with van der Waals surface area (Å²) >= 11 is 1.24. The van der Waals surface area contributed by atoms with Gasteiger partial charge in [-0.2, -0.15) is 4.31 Å². The van der Waals surface area contributed by atoms with Crippen LogP contribution in [-0.2, 0) is 21.2 Å². The number of carbonyl (C=O) groups excluding carboxylic acids is 1. The lowest BCUT2D eigenvalue weighted by Gasteiger charge is -2.35. The molecule has 2 fully saturated rings. The van der Waals surface area contributed by atoms with E-state index in [1.807, 2.05) is 4.90 Å². The lowest BCUT2D eigenvalue weighted by atomic mass is 9.92. The highest BCUT2D eigenvalue weighted by molar-refractivity contribution is 7.91. The third kappa shape index (κ3) is 3.83. The zero-order chi connectivity index (χ0) is 17.3. The van der Waals surface area contributed by atoms with Gasteiger partial charge < -0.3 is 4.90 Å². The van der Waals surface area contributed by atoms with Crippen molar-refractivity contribution >= 4 is 27.3 Å². The van der Waals surface area contributed by atoms with Gasteiger partial charge in [0, 0.05) is 31.1 Å². The van der Waals surface area contributed by atoms with Crippen molar-refractivity contribution in [2.75, 3.05) is 26.2 Å². The van der Waals surface area contributed by atoms with Crippen LogP contribution in [0.15, 0.2) is 16.3 Å². The predicted octanol–water partition coefficient (Wildman–Crippen LogP) is 2.58. The van der Waals surface area contributed by atoms with Crippen molar-refractivity contribution in [2.45, 2.75) is 43.7 Å². The van der Waals surface area contributed by atoms with Crippen LogP contribution in [0.25, 0.3) is 0 Å². The van der Waals surface area contributed by atoms with Crippen LogP contribution in [-0.4, -0.2) is 49.7 Å². The summed E-state index contributed by atoms with van der Waals surface area (Å²) in [5.41, 5.74) is 0. The van der Waals surface area contributed by atoms with E-state index in [-0.39, 0.29) is 5.91 Å². The third-order valence-corrected chi connectivity index (χ3v) is 8.29. The molecule has 2 atom stereocenters. The molecule has 3 heterocycles. The highest BCUT2D eigenvalue weighted by Crippen LogP contribution is 2.28. The summed E-state index contributed by atoms with van der Waals surface area (Å²) in [6, 6.07) is 3.45. The van der Waals surface area contributed by atoms with Crippen molar-refractivity contribution < 1.29 is 13.2 Å². The number of hydrogen-bond acceptors (Lipinski definition) is 4. The number of amides is 1. The number of carbonyl (C=O) groups is 1. The van der Waals surface area contributed by atoms with E-state index < -0.39 is 10.0 Å². The average molecular weight is 371 g/mol. The topological polar surface area (TPSA) is 57.7 Å². The van der Waals surface area contributed by atoms with E-state index in [0.717, 1.165) is 30.8 Å². The Morgan fingerprint density at radius 1 is 1.17 bits per heavy atom. The molecule has 7 heteroatoms. The summed E-state index contributed by atoms with van der Waals surface area (Å²) < 4.78 is 27.0. The lowest BCUT2D eigenvalue weighted by Crippen LogP contribution is -2.43. The van der Waals surface area contributed by atoms with E-state index in [9.17, 15) is 13.2 Å². The van der Waals surface area contributed by atoms with Crippen LogP contribution in [0.3, 0.4) is 0 Å². The van der Waals surface area contributed by atoms with Gasteiger partial charge in [0.05, 0.1) is 6.42 Å². The summed E-state index contributed by atoms with van der Waals surface area (Å²) in [6.07, 6.45) is 3.34. The van der Waals surface area contributed by atoms with E-state index in [4.69, 9.17) is 0 Å². The molecule has 0 aromatic carbocycles. The molecule has 1 amide bonds. The molecule has 0 spiro atoms. The van der Waals surface area contributed by atoms with Crippen molar-refractivity contribution in [1.82, 2.24) is 9.21 Å². The van der Waals surface area contributed by atoms with Crippen LogP contribution in [0, 0.1) is 11.8 Å². The van der Waals surface area contributed by atoms with Gasteiger partial charge in [0.25, 0.3) is 10.0 Å². The van der Waals surface area contributed by atoms with Gasteiger partial charge in [-0.3, -0.25) is 4.79 Å². The second kappa shape index (κ2) is 7.14. The molecule has 0 aliphatic carbocycles. The zero-order valence-corrected chi connectivity index (χ0v) is 16.0. The maximum absolute atomic E-state index is 12.6. The Balaban J connectivity index is 1.66. The minimum atomic E-state index is -3.37. The van der Waals surface area contributed by atoms with Gasteiger partial charge in [-0.15, -0.1) is 11.3 Å². The van der Waals surface area contributed by atoms with Gasteiger partial charge >= 0.3 is 0 Å². The van der Waals surface area contributed by atoms with Crippen LogP contribution in [0.2, 0.25) is 0 Å². The largest absolute Gasteiger partial charge is 0.342 e. The second-order valence-electron chi connectivity index (χ2n) is 7.25. The molecular formula is C17H26N2O3S2. The number of piperidine rings is 1. The average Bonchev–Trinajstić information content (AvgIpc) is 3.18. The number of thiophene rings is 1. The second-order valence-corrected chi connectivity index (χ2v) is 10.6. The number of nitrogens with zero attached hydrogens (tertiary/aromatic N) is 2. The zero-order valence-electron chi connectivity index (χ0n) is 14.4. The van der Waals surface area contributed by atoms with E-state index >= 15 is 0 Å². The summed E-state index contributed by atoms with van der Waals surface area (Å²) in [5.74, 6) is 1.18. The number of hydrogen-bond donors (Lipinski definition) is 0. The Labute approximate surface area is 148 Å². The smallest absolute Gasteiger partial charge is 0.252 e. The Morgan fingerprint density at radius 3 is 2.42 bits per heavy atom. The van der Waals surface area contributed by atoms with E-state index in [1.165, 1.54) is 17.8 Å². The van der Waals surface area contributed by atoms with E-state index in [1.54, 1.807) is 16.4 Å². The monoisotopic (exact) mass is 370 g/mol. The Bertz CT molecular complexity index is 682. The van der Waals surface area contributed by atoms with Gasteiger partial charge in [-0.25, -0.2) is 8.42 Å². The molecule has 0 bridgehead atoms. The van der Waals surface area contributed by atoms with Crippen molar-refractivity contribution in [3.63, 3.8) is 0 Å². The highest BCUT2D eigenvalue weighted by Gasteiger charge is 2.29. The predicted molar refractivity (Wildman–Crippen MR) is 95.5 cm³/mol. The maximum atomic E-state index is 12.6. The third-order valence-electron chi connectivity index (χ3n) is 4.84. The fourth-order valence-corrected chi connectivity index (χ4v) is 6.79. The van der Waals surface area contributed by atoms with Crippen LogP contribution in [0.1, 0.15) is 38.0 Å².